The molecule has 1 aliphatic rings. The fourth-order valence-electron chi connectivity index (χ4n) is 3.90. The van der Waals surface area contributed by atoms with Gasteiger partial charge in [0.25, 0.3) is 0 Å². The van der Waals surface area contributed by atoms with Crippen LogP contribution < -0.4 is 15.4 Å². The van der Waals surface area contributed by atoms with Crippen LogP contribution in [0.4, 0.5) is 5.69 Å². The van der Waals surface area contributed by atoms with Crippen LogP contribution in [0, 0.1) is 0 Å². The Bertz CT molecular complexity index is 839. The number of amides is 2. The summed E-state index contributed by atoms with van der Waals surface area (Å²) < 4.78 is 0. The number of pyridine rings is 1. The monoisotopic (exact) mass is 409 g/mol. The van der Waals surface area contributed by atoms with E-state index in [0.29, 0.717) is 25.8 Å². The molecule has 1 N–H and O–H groups in total. The van der Waals surface area contributed by atoms with Crippen molar-refractivity contribution in [2.45, 2.75) is 51.6 Å². The summed E-state index contributed by atoms with van der Waals surface area (Å²) in [6.07, 6.45) is 8.92. The van der Waals surface area contributed by atoms with E-state index in [-0.39, 0.29) is 11.8 Å². The summed E-state index contributed by atoms with van der Waals surface area (Å²) in [6.45, 7) is 5.33. The minimum Gasteiger partial charge on any atom is -0.356 e. The third kappa shape index (κ3) is 5.76. The van der Waals surface area contributed by atoms with Crippen molar-refractivity contribution in [1.82, 2.24) is 10.3 Å². The van der Waals surface area contributed by atoms with Crippen molar-refractivity contribution in [3.63, 3.8) is 0 Å². The Hall–Kier alpha value is -2.47. The molecular formula is C23H31N3O2Si. The van der Waals surface area contributed by atoms with Crippen LogP contribution in [0.15, 0.2) is 48.8 Å². The lowest BCUT2D eigenvalue weighted by Crippen LogP contribution is -2.44. The topological polar surface area (TPSA) is 62.3 Å². The molecule has 0 aliphatic carbocycles. The fraction of sp³-hybridized carbons (Fsp3) is 0.435. The van der Waals surface area contributed by atoms with Crippen molar-refractivity contribution < 1.29 is 9.59 Å². The second-order valence-electron chi connectivity index (χ2n) is 8.40. The molecule has 2 heterocycles. The molecule has 5 nitrogen and oxygen atoms in total. The summed E-state index contributed by atoms with van der Waals surface area (Å²) in [5.74, 6) is 0.307. The number of fused-ring (bicyclic) bond motifs is 1. The van der Waals surface area contributed by atoms with Gasteiger partial charge in [-0.3, -0.25) is 14.6 Å². The number of aryl methyl sites for hydroxylation is 1. The summed E-state index contributed by atoms with van der Waals surface area (Å²) >= 11 is 0. The molecular weight excluding hydrogens is 378 g/mol. The number of nitrogens with one attached hydrogen (secondary N) is 1. The van der Waals surface area contributed by atoms with E-state index >= 15 is 0 Å². The zero-order valence-electron chi connectivity index (χ0n) is 17.5. The van der Waals surface area contributed by atoms with Gasteiger partial charge in [0.2, 0.25) is 11.8 Å². The van der Waals surface area contributed by atoms with Crippen molar-refractivity contribution >= 4 is 30.8 Å². The summed E-state index contributed by atoms with van der Waals surface area (Å²) in [5, 5.41) is 4.36. The molecule has 2 aromatic rings. The number of benzene rings is 1. The number of carbonyl (C=O) groups is 2. The Balaban J connectivity index is 1.31. The van der Waals surface area contributed by atoms with E-state index in [1.165, 1.54) is 5.19 Å². The highest BCUT2D eigenvalue weighted by Gasteiger charge is 2.38. The number of anilines is 1. The van der Waals surface area contributed by atoms with Gasteiger partial charge in [0, 0.05) is 43.6 Å². The van der Waals surface area contributed by atoms with Gasteiger partial charge >= 0.3 is 0 Å². The zero-order chi connectivity index (χ0) is 20.7. The van der Waals surface area contributed by atoms with Crippen LogP contribution in [0.5, 0.6) is 0 Å². The molecule has 1 aliphatic heterocycles. The standard InChI is InChI=1S/C23H31N3O2Si/c1-29(2)18-26(20-10-5-6-11-21(20)29)23(28)12-4-3-7-16-25-22(27)14-13-19-9-8-15-24-17-19/h5-6,8-11,15,17H,3-4,7,12-14,16,18H2,1-2H3,(H,25,27). The number of hydrogen-bond donors (Lipinski definition) is 1. The molecule has 0 bridgehead atoms. The lowest BCUT2D eigenvalue weighted by atomic mass is 10.1. The number of aromatic nitrogens is 1. The van der Waals surface area contributed by atoms with Crippen LogP contribution in [0.1, 0.15) is 37.7 Å². The van der Waals surface area contributed by atoms with Gasteiger partial charge in [0.15, 0.2) is 0 Å². The van der Waals surface area contributed by atoms with Crippen LogP contribution in [-0.4, -0.2) is 37.6 Å². The SMILES string of the molecule is C[Si]1(C)CN(C(=O)CCCCCNC(=O)CCc2cccnc2)c2ccccc21. The molecule has 0 spiro atoms. The van der Waals surface area contributed by atoms with Crippen molar-refractivity contribution in [2.75, 3.05) is 17.6 Å². The molecule has 1 aromatic heterocycles. The molecule has 0 saturated carbocycles. The van der Waals surface area contributed by atoms with Gasteiger partial charge < -0.3 is 10.2 Å². The number of carbonyl (C=O) groups excluding carboxylic acids is 2. The smallest absolute Gasteiger partial charge is 0.226 e. The van der Waals surface area contributed by atoms with Crippen LogP contribution >= 0.6 is 0 Å². The first-order chi connectivity index (χ1) is 14.0. The molecule has 0 saturated heterocycles. The Kier molecular flexibility index (Phi) is 7.20. The first-order valence-corrected chi connectivity index (χ1v) is 13.7. The van der Waals surface area contributed by atoms with E-state index < -0.39 is 8.07 Å². The Morgan fingerprint density at radius 2 is 1.90 bits per heavy atom. The lowest BCUT2D eigenvalue weighted by Gasteiger charge is -2.19. The first kappa shape index (κ1) is 21.2. The predicted molar refractivity (Wildman–Crippen MR) is 120 cm³/mol. The lowest BCUT2D eigenvalue weighted by molar-refractivity contribution is -0.121. The predicted octanol–water partition coefficient (Wildman–Crippen LogP) is 3.19. The number of nitrogens with zero attached hydrogens (tertiary/aromatic N) is 2. The van der Waals surface area contributed by atoms with Gasteiger partial charge in [0.05, 0.1) is 0 Å². The molecule has 3 rings (SSSR count). The maximum Gasteiger partial charge on any atom is 0.226 e. The second-order valence-corrected chi connectivity index (χ2v) is 13.0. The second kappa shape index (κ2) is 9.83. The maximum absolute atomic E-state index is 12.7. The summed E-state index contributed by atoms with van der Waals surface area (Å²) in [7, 11) is -1.54. The van der Waals surface area contributed by atoms with Crippen LogP contribution in [0.25, 0.3) is 0 Å². The van der Waals surface area contributed by atoms with Gasteiger partial charge in [0.1, 0.15) is 8.07 Å². The Morgan fingerprint density at radius 3 is 2.69 bits per heavy atom. The van der Waals surface area contributed by atoms with E-state index in [1.54, 1.807) is 12.4 Å². The van der Waals surface area contributed by atoms with E-state index in [2.05, 4.69) is 41.6 Å². The molecule has 0 radical (unpaired) electrons. The van der Waals surface area contributed by atoms with E-state index in [0.717, 1.165) is 36.7 Å². The van der Waals surface area contributed by atoms with E-state index in [1.807, 2.05) is 23.1 Å². The van der Waals surface area contributed by atoms with Gasteiger partial charge in [-0.05, 0) is 42.1 Å². The molecule has 154 valence electrons. The van der Waals surface area contributed by atoms with Crippen molar-refractivity contribution in [1.29, 1.82) is 0 Å². The third-order valence-electron chi connectivity index (χ3n) is 5.53. The average Bonchev–Trinajstić information content (AvgIpc) is 3.01. The van der Waals surface area contributed by atoms with Crippen molar-refractivity contribution in [3.05, 3.63) is 54.4 Å². The minimum atomic E-state index is -1.54. The van der Waals surface area contributed by atoms with Crippen LogP contribution in [-0.2, 0) is 16.0 Å². The summed E-state index contributed by atoms with van der Waals surface area (Å²) in [5.41, 5.74) is 2.20. The third-order valence-corrected chi connectivity index (χ3v) is 8.52. The van der Waals surface area contributed by atoms with Crippen molar-refractivity contribution in [3.8, 4) is 0 Å². The van der Waals surface area contributed by atoms with Gasteiger partial charge in [-0.25, -0.2) is 0 Å². The largest absolute Gasteiger partial charge is 0.356 e. The highest BCUT2D eigenvalue weighted by molar-refractivity contribution is 6.93. The summed E-state index contributed by atoms with van der Waals surface area (Å²) in [6, 6.07) is 12.2. The highest BCUT2D eigenvalue weighted by atomic mass is 28.3. The number of unbranched alkanes of at least 4 members (excludes halogenated alkanes) is 2. The van der Waals surface area contributed by atoms with Gasteiger partial charge in [-0.15, -0.1) is 0 Å². The number of hydrogen-bond acceptors (Lipinski definition) is 3. The molecule has 0 unspecified atom stereocenters. The molecule has 2 amide bonds. The molecule has 0 fully saturated rings. The normalized spacial score (nSPS) is 14.5. The van der Waals surface area contributed by atoms with Crippen molar-refractivity contribution in [2.24, 2.45) is 0 Å². The Morgan fingerprint density at radius 1 is 1.07 bits per heavy atom. The highest BCUT2D eigenvalue weighted by Crippen LogP contribution is 2.26. The number of para-hydroxylation sites is 1. The van der Waals surface area contributed by atoms with Gasteiger partial charge in [-0.2, -0.15) is 0 Å². The average molecular weight is 410 g/mol. The molecule has 0 atom stereocenters. The first-order valence-electron chi connectivity index (χ1n) is 10.5. The molecule has 29 heavy (non-hydrogen) atoms. The quantitative estimate of drug-likeness (QED) is 0.511. The molecule has 6 heteroatoms. The Labute approximate surface area is 174 Å². The molecule has 1 aromatic carbocycles. The number of rotatable bonds is 9. The zero-order valence-corrected chi connectivity index (χ0v) is 18.5. The van der Waals surface area contributed by atoms with Gasteiger partial charge in [-0.1, -0.05) is 43.8 Å². The van der Waals surface area contributed by atoms with Crippen LogP contribution in [0.3, 0.4) is 0 Å². The fourth-order valence-corrected chi connectivity index (χ4v) is 6.67. The summed E-state index contributed by atoms with van der Waals surface area (Å²) in [4.78, 5) is 30.7. The van der Waals surface area contributed by atoms with Crippen LogP contribution in [0.2, 0.25) is 13.1 Å². The minimum absolute atomic E-state index is 0.0748. The maximum atomic E-state index is 12.7. The van der Waals surface area contributed by atoms with E-state index in [4.69, 9.17) is 0 Å². The van der Waals surface area contributed by atoms with E-state index in [9.17, 15) is 9.59 Å².